The second kappa shape index (κ2) is 15.8. The van der Waals surface area contributed by atoms with Crippen LogP contribution in [0.25, 0.3) is 0 Å². The third-order valence-corrected chi connectivity index (χ3v) is 9.92. The van der Waals surface area contributed by atoms with E-state index in [1.807, 2.05) is 24.3 Å². The molecule has 4 rings (SSSR count). The number of hydrogen-bond donors (Lipinski definition) is 1. The van der Waals surface area contributed by atoms with Crippen molar-refractivity contribution in [1.82, 2.24) is 20.0 Å². The van der Waals surface area contributed by atoms with Gasteiger partial charge in [0.25, 0.3) is 0 Å². The topological polar surface area (TPSA) is 145 Å². The summed E-state index contributed by atoms with van der Waals surface area (Å²) in [6.45, 7) is 1.71. The highest BCUT2D eigenvalue weighted by atomic mass is 33.1. The molecule has 0 aromatic rings. The number of carboxylic acids is 1. The molecule has 4 aliphatic heterocycles. The summed E-state index contributed by atoms with van der Waals surface area (Å²) in [7, 11) is 4.10. The summed E-state index contributed by atoms with van der Waals surface area (Å²) >= 11 is 0.949. The number of rotatable bonds is 11. The summed E-state index contributed by atoms with van der Waals surface area (Å²) < 4.78 is 4.93. The van der Waals surface area contributed by atoms with Gasteiger partial charge in [0.2, 0.25) is 23.6 Å². The van der Waals surface area contributed by atoms with E-state index in [2.05, 4.69) is 0 Å². The number of carbonyl (C=O) groups excluding carboxylic acids is 5. The maximum Gasteiger partial charge on any atom is 0.318 e. The number of nitrogens with zero attached hydrogens (tertiary/aromatic N) is 4. The first-order chi connectivity index (χ1) is 19.2. The number of carboxylic acid groups (broad SMARTS) is 1. The molecule has 4 aliphatic rings. The number of imide groups is 2. The van der Waals surface area contributed by atoms with Crippen LogP contribution in [0, 0.1) is 0 Å². The average molecular weight is 629 g/mol. The van der Waals surface area contributed by atoms with Gasteiger partial charge < -0.3 is 9.29 Å². The minimum absolute atomic E-state index is 0.0888. The largest absolute Gasteiger partial charge is 0.481 e. The lowest BCUT2D eigenvalue weighted by Crippen LogP contribution is -2.47. The Hall–Kier alpha value is -2.82. The molecular weight excluding hydrogens is 601 g/mol. The predicted octanol–water partition coefficient (Wildman–Crippen LogP) is 3.63. The van der Waals surface area contributed by atoms with Gasteiger partial charge in [0.05, 0.1) is 6.42 Å². The molecule has 2 fully saturated rings. The quantitative estimate of drug-likeness (QED) is 0.154. The lowest BCUT2D eigenvalue weighted by molar-refractivity contribution is -0.154. The number of carbonyl (C=O) groups is 6. The van der Waals surface area contributed by atoms with E-state index in [4.69, 9.17) is 9.29 Å². The third kappa shape index (κ3) is 8.84. The van der Waals surface area contributed by atoms with Gasteiger partial charge in [-0.15, -0.1) is 0 Å². The van der Waals surface area contributed by atoms with Crippen LogP contribution < -0.4 is 0 Å². The fraction of sp³-hybridized carbons (Fsp3) is 0.417. The van der Waals surface area contributed by atoms with E-state index >= 15 is 0 Å². The standard InChI is InChI=1S/2C12H14N2O4S2/c1-2-12(17)18-20-19-11-5-3-4-8-13(11)14-9(15)6-7-10(14)16;15-9-4-5-10(16)14(9)13-7-2-1-3-11(13)20-19-8-6-12(17)18/h3-5,8,11H,2,6-7H2,1H3;1-3,7,11H,4-6,8H2,(H,17,18). The molecule has 0 aromatic heterocycles. The fourth-order valence-electron chi connectivity index (χ4n) is 3.50. The Morgan fingerprint density at radius 3 is 1.75 bits per heavy atom. The van der Waals surface area contributed by atoms with Crippen LogP contribution in [0.15, 0.2) is 48.9 Å². The summed E-state index contributed by atoms with van der Waals surface area (Å²) in [4.78, 5) is 68.6. The van der Waals surface area contributed by atoms with Crippen molar-refractivity contribution in [2.75, 3.05) is 5.75 Å². The van der Waals surface area contributed by atoms with E-state index in [0.717, 1.165) is 16.1 Å². The molecule has 2 saturated heterocycles. The molecule has 12 nitrogen and oxygen atoms in total. The Balaban J connectivity index is 0.000000220. The maximum absolute atomic E-state index is 11.8. The highest BCUT2D eigenvalue weighted by molar-refractivity contribution is 8.77. The van der Waals surface area contributed by atoms with Crippen LogP contribution in [-0.2, 0) is 33.0 Å². The monoisotopic (exact) mass is 628 g/mol. The number of aliphatic carboxylic acids is 1. The van der Waals surface area contributed by atoms with E-state index in [-0.39, 0.29) is 72.4 Å². The van der Waals surface area contributed by atoms with Crippen molar-refractivity contribution in [3.63, 3.8) is 0 Å². The molecule has 2 atom stereocenters. The Labute approximate surface area is 247 Å². The molecule has 0 aromatic carbocycles. The summed E-state index contributed by atoms with van der Waals surface area (Å²) in [6.07, 6.45) is 15.6. The minimum atomic E-state index is -0.834. The van der Waals surface area contributed by atoms with Gasteiger partial charge in [-0.3, -0.25) is 38.8 Å². The number of hydrazine groups is 2. The third-order valence-electron chi connectivity index (χ3n) is 5.40. The molecule has 4 amide bonds. The van der Waals surface area contributed by atoms with E-state index in [0.29, 0.717) is 12.2 Å². The minimum Gasteiger partial charge on any atom is -0.481 e. The van der Waals surface area contributed by atoms with Gasteiger partial charge in [0.15, 0.2) is 0 Å². The Kier molecular flexibility index (Phi) is 12.5. The molecule has 0 bridgehead atoms. The molecule has 0 aliphatic carbocycles. The fourth-order valence-corrected chi connectivity index (χ4v) is 7.58. The smallest absolute Gasteiger partial charge is 0.318 e. The highest BCUT2D eigenvalue weighted by Crippen LogP contribution is 2.35. The summed E-state index contributed by atoms with van der Waals surface area (Å²) in [5, 5.41) is 13.6. The van der Waals surface area contributed by atoms with Crippen molar-refractivity contribution in [2.45, 2.75) is 56.2 Å². The molecule has 0 spiro atoms. The van der Waals surface area contributed by atoms with Gasteiger partial charge >= 0.3 is 11.9 Å². The van der Waals surface area contributed by atoms with Crippen LogP contribution in [-0.4, -0.2) is 77.2 Å². The maximum atomic E-state index is 11.8. The van der Waals surface area contributed by atoms with Crippen LogP contribution >= 0.6 is 43.5 Å². The first kappa shape index (κ1) is 31.7. The van der Waals surface area contributed by atoms with E-state index in [1.54, 1.807) is 41.5 Å². The lowest BCUT2D eigenvalue weighted by atomic mass is 10.4. The average Bonchev–Trinajstić information content (AvgIpc) is 3.46. The Morgan fingerprint density at radius 2 is 1.30 bits per heavy atom. The van der Waals surface area contributed by atoms with Crippen LogP contribution in [0.4, 0.5) is 0 Å². The van der Waals surface area contributed by atoms with Crippen molar-refractivity contribution >= 4 is 79.0 Å². The molecule has 16 heteroatoms. The summed E-state index contributed by atoms with van der Waals surface area (Å²) in [5.41, 5.74) is 0. The van der Waals surface area contributed by atoms with E-state index < -0.39 is 5.97 Å². The van der Waals surface area contributed by atoms with Crippen molar-refractivity contribution in [1.29, 1.82) is 0 Å². The van der Waals surface area contributed by atoms with Gasteiger partial charge in [0, 0.05) is 50.3 Å². The number of amides is 4. The van der Waals surface area contributed by atoms with Gasteiger partial charge in [-0.25, -0.2) is 0 Å². The molecule has 1 N–H and O–H groups in total. The predicted molar refractivity (Wildman–Crippen MR) is 154 cm³/mol. The van der Waals surface area contributed by atoms with E-state index in [1.165, 1.54) is 37.4 Å². The summed E-state index contributed by atoms with van der Waals surface area (Å²) in [5.74, 6) is -1.49. The number of allylic oxidation sites excluding steroid dienone is 4. The summed E-state index contributed by atoms with van der Waals surface area (Å²) in [6, 6.07) is 0. The highest BCUT2D eigenvalue weighted by Gasteiger charge is 2.37. The second-order valence-electron chi connectivity index (χ2n) is 8.23. The van der Waals surface area contributed by atoms with Crippen molar-refractivity contribution in [3.05, 3.63) is 48.9 Å². The van der Waals surface area contributed by atoms with Crippen LogP contribution in [0.1, 0.15) is 45.4 Å². The van der Waals surface area contributed by atoms with Crippen molar-refractivity contribution in [2.24, 2.45) is 0 Å². The van der Waals surface area contributed by atoms with Crippen LogP contribution in [0.5, 0.6) is 0 Å². The van der Waals surface area contributed by atoms with Gasteiger partial charge in [-0.1, -0.05) is 40.7 Å². The zero-order chi connectivity index (χ0) is 29.1. The molecule has 0 saturated carbocycles. The van der Waals surface area contributed by atoms with Gasteiger partial charge in [-0.05, 0) is 35.1 Å². The zero-order valence-electron chi connectivity index (χ0n) is 21.5. The van der Waals surface area contributed by atoms with Gasteiger partial charge in [-0.2, -0.15) is 10.0 Å². The van der Waals surface area contributed by atoms with E-state index in [9.17, 15) is 28.8 Å². The Morgan fingerprint density at radius 1 is 0.825 bits per heavy atom. The van der Waals surface area contributed by atoms with Crippen LogP contribution in [0.3, 0.4) is 0 Å². The molecule has 4 heterocycles. The van der Waals surface area contributed by atoms with Crippen molar-refractivity contribution < 1.29 is 38.1 Å². The molecule has 0 radical (unpaired) electrons. The van der Waals surface area contributed by atoms with Gasteiger partial charge in [0.1, 0.15) is 21.8 Å². The SMILES string of the molecule is CCC(=O)OSSC1C=CC=CN1N1C(=O)CCC1=O.O=C(O)CCSSC1C=CC=CN1N1C(=O)CCC1=O. The molecule has 216 valence electrons. The zero-order valence-corrected chi connectivity index (χ0v) is 24.7. The number of hydrogen-bond acceptors (Lipinski definition) is 13. The normalized spacial score (nSPS) is 21.8. The Bertz CT molecular complexity index is 1100. The van der Waals surface area contributed by atoms with Crippen LogP contribution in [0.2, 0.25) is 0 Å². The first-order valence-electron chi connectivity index (χ1n) is 12.2. The van der Waals surface area contributed by atoms with Crippen molar-refractivity contribution in [3.8, 4) is 0 Å². The lowest BCUT2D eigenvalue weighted by Gasteiger charge is -2.34. The molecular formula is C24H28N4O8S4. The molecule has 2 unspecified atom stereocenters. The second-order valence-corrected chi connectivity index (χ2v) is 12.8. The molecule has 40 heavy (non-hydrogen) atoms. The first-order valence-corrected chi connectivity index (χ1v) is 16.8.